The molecule has 0 spiro atoms. The minimum absolute atomic E-state index is 0.462. The lowest BCUT2D eigenvalue weighted by Crippen LogP contribution is -2.33. The quantitative estimate of drug-likeness (QED) is 0.335. The first kappa shape index (κ1) is 25.5. The molecule has 0 N–H and O–H groups in total. The zero-order valence-electron chi connectivity index (χ0n) is 16.8. The van der Waals surface area contributed by atoms with Crippen LogP contribution in [0, 0.1) is 5.41 Å². The first-order valence-electron chi connectivity index (χ1n) is 9.00. The Morgan fingerprint density at radius 2 is 1.27 bits per heavy atom. The van der Waals surface area contributed by atoms with Gasteiger partial charge in [-0.2, -0.15) is 13.2 Å². The van der Waals surface area contributed by atoms with Crippen LogP contribution in [0.25, 0.3) is 0 Å². The molecule has 2 aromatic rings. The van der Waals surface area contributed by atoms with Gasteiger partial charge in [-0.3, -0.25) is 0 Å². The number of rotatable bonds is 3. The molecular formula is C20H24F3O3PS3. The fraction of sp³-hybridized carbons (Fsp3) is 0.400. The molecule has 1 aliphatic heterocycles. The van der Waals surface area contributed by atoms with Crippen LogP contribution in [-0.4, -0.2) is 41.0 Å². The summed E-state index contributed by atoms with van der Waals surface area (Å²) in [5.41, 5.74) is -5.18. The minimum Gasteiger partial charge on any atom is -0.741 e. The highest BCUT2D eigenvalue weighted by molar-refractivity contribution is 8.28. The molecular weight excluding hydrogens is 472 g/mol. The van der Waals surface area contributed by atoms with Crippen LogP contribution in [0.1, 0.15) is 13.8 Å². The Morgan fingerprint density at radius 3 is 1.57 bits per heavy atom. The van der Waals surface area contributed by atoms with Gasteiger partial charge in [-0.05, 0) is 29.7 Å². The Bertz CT molecular complexity index is 871. The van der Waals surface area contributed by atoms with Gasteiger partial charge in [0, 0.05) is 11.5 Å². The summed E-state index contributed by atoms with van der Waals surface area (Å²) in [5, 5.41) is 3.07. The molecule has 0 radical (unpaired) electrons. The number of benzene rings is 2. The van der Waals surface area contributed by atoms with E-state index in [-0.39, 0.29) is 0 Å². The highest BCUT2D eigenvalue weighted by Gasteiger charge is 2.49. The van der Waals surface area contributed by atoms with Crippen molar-refractivity contribution < 1.29 is 26.1 Å². The molecule has 0 saturated carbocycles. The van der Waals surface area contributed by atoms with Crippen LogP contribution in [0.4, 0.5) is 13.2 Å². The molecule has 0 aromatic heterocycles. The van der Waals surface area contributed by atoms with E-state index in [0.717, 1.165) is 0 Å². The van der Waals surface area contributed by atoms with Crippen LogP contribution in [-0.2, 0) is 10.1 Å². The SMILES string of the molecule is CC1(C)CSC([P+](C)(c2ccccc2)c2ccccc2)SC1.O=S(=O)([O-])C(F)(F)F. The van der Waals surface area contributed by atoms with Gasteiger partial charge in [-0.25, -0.2) is 8.42 Å². The van der Waals surface area contributed by atoms with E-state index in [1.807, 2.05) is 0 Å². The summed E-state index contributed by atoms with van der Waals surface area (Å²) in [5.74, 6) is 2.53. The van der Waals surface area contributed by atoms with Crippen molar-refractivity contribution in [3.63, 3.8) is 0 Å². The fourth-order valence-electron chi connectivity index (χ4n) is 2.85. The third kappa shape index (κ3) is 6.39. The van der Waals surface area contributed by atoms with E-state index in [9.17, 15) is 13.2 Å². The largest absolute Gasteiger partial charge is 0.741 e. The van der Waals surface area contributed by atoms with Crippen LogP contribution >= 0.6 is 30.8 Å². The molecule has 166 valence electrons. The average molecular weight is 497 g/mol. The highest BCUT2D eigenvalue weighted by atomic mass is 32.2. The van der Waals surface area contributed by atoms with Gasteiger partial charge >= 0.3 is 5.51 Å². The van der Waals surface area contributed by atoms with Crippen molar-refractivity contribution in [3.8, 4) is 0 Å². The lowest BCUT2D eigenvalue weighted by Gasteiger charge is -2.38. The van der Waals surface area contributed by atoms with Crippen LogP contribution in [0.15, 0.2) is 60.7 Å². The maximum atomic E-state index is 10.7. The van der Waals surface area contributed by atoms with Crippen molar-refractivity contribution in [1.82, 2.24) is 0 Å². The van der Waals surface area contributed by atoms with E-state index in [1.54, 1.807) is 0 Å². The average Bonchev–Trinajstić information content (AvgIpc) is 2.68. The molecule has 10 heteroatoms. The third-order valence-electron chi connectivity index (χ3n) is 4.52. The molecule has 0 amide bonds. The Morgan fingerprint density at radius 1 is 0.933 bits per heavy atom. The van der Waals surface area contributed by atoms with Gasteiger partial charge in [-0.1, -0.05) is 50.2 Å². The summed E-state index contributed by atoms with van der Waals surface area (Å²) < 4.78 is 59.6. The molecule has 0 atom stereocenters. The van der Waals surface area contributed by atoms with E-state index in [0.29, 0.717) is 9.74 Å². The van der Waals surface area contributed by atoms with E-state index < -0.39 is 22.9 Å². The van der Waals surface area contributed by atoms with Crippen molar-refractivity contribution in [2.75, 3.05) is 18.2 Å². The smallest absolute Gasteiger partial charge is 0.485 e. The molecule has 3 rings (SSSR count). The van der Waals surface area contributed by atoms with Crippen LogP contribution in [0.5, 0.6) is 0 Å². The van der Waals surface area contributed by atoms with E-state index >= 15 is 0 Å². The molecule has 1 aliphatic rings. The van der Waals surface area contributed by atoms with Crippen molar-refractivity contribution >= 4 is 51.5 Å². The molecule has 1 saturated heterocycles. The van der Waals surface area contributed by atoms with Gasteiger partial charge < -0.3 is 4.55 Å². The number of hydrogen-bond acceptors (Lipinski definition) is 5. The van der Waals surface area contributed by atoms with Gasteiger partial charge in [0.2, 0.25) is 0 Å². The van der Waals surface area contributed by atoms with Gasteiger partial charge in [0.1, 0.15) is 10.6 Å². The van der Waals surface area contributed by atoms with Gasteiger partial charge in [0.05, 0.1) is 13.9 Å². The molecule has 1 heterocycles. The summed E-state index contributed by atoms with van der Waals surface area (Å²) in [6.07, 6.45) is 0. The monoisotopic (exact) mass is 496 g/mol. The highest BCUT2D eigenvalue weighted by Crippen LogP contribution is 2.67. The van der Waals surface area contributed by atoms with Gasteiger partial charge in [-0.15, -0.1) is 23.5 Å². The first-order chi connectivity index (χ1) is 13.8. The second-order valence-electron chi connectivity index (χ2n) is 7.74. The van der Waals surface area contributed by atoms with E-state index in [1.165, 1.54) is 22.1 Å². The first-order valence-corrected chi connectivity index (χ1v) is 14.8. The Hall–Kier alpha value is -0.730. The summed E-state index contributed by atoms with van der Waals surface area (Å²) in [6, 6.07) is 22.4. The maximum Gasteiger partial charge on any atom is 0.485 e. The lowest BCUT2D eigenvalue weighted by atomic mass is 10.0. The molecule has 1 fully saturated rings. The van der Waals surface area contributed by atoms with E-state index in [2.05, 4.69) is 105 Å². The molecule has 0 unspecified atom stereocenters. The van der Waals surface area contributed by atoms with Crippen molar-refractivity contribution in [2.45, 2.75) is 23.7 Å². The van der Waals surface area contributed by atoms with Crippen molar-refractivity contribution in [2.24, 2.45) is 5.41 Å². The fourth-order valence-corrected chi connectivity index (χ4v) is 11.8. The molecule has 3 nitrogen and oxygen atoms in total. The van der Waals surface area contributed by atoms with E-state index in [4.69, 9.17) is 13.0 Å². The normalized spacial score (nSPS) is 17.7. The third-order valence-corrected chi connectivity index (χ3v) is 15.4. The maximum absolute atomic E-state index is 10.7. The second kappa shape index (κ2) is 9.82. The molecule has 0 aliphatic carbocycles. The van der Waals surface area contributed by atoms with Gasteiger partial charge in [0.25, 0.3) is 0 Å². The van der Waals surface area contributed by atoms with Crippen molar-refractivity contribution in [1.29, 1.82) is 0 Å². The molecule has 0 bridgehead atoms. The summed E-state index contributed by atoms with van der Waals surface area (Å²) in [7, 11) is -7.47. The molecule has 2 aromatic carbocycles. The predicted molar refractivity (Wildman–Crippen MR) is 123 cm³/mol. The molecule has 30 heavy (non-hydrogen) atoms. The number of halogens is 3. The topological polar surface area (TPSA) is 57.2 Å². The number of alkyl halides is 3. The lowest BCUT2D eigenvalue weighted by molar-refractivity contribution is -0.0517. The van der Waals surface area contributed by atoms with Gasteiger partial charge in [0.15, 0.2) is 14.4 Å². The summed E-state index contributed by atoms with van der Waals surface area (Å²) in [6.45, 7) is 7.31. The number of thioether (sulfide) groups is 2. The predicted octanol–water partition coefficient (Wildman–Crippen LogP) is 5.13. The van der Waals surface area contributed by atoms with Crippen LogP contribution in [0.2, 0.25) is 0 Å². The standard InChI is InChI=1S/C19H24PS2.CHF3O3S/c1-19(2)14-21-18(22-15-19)20(3,16-10-6-4-7-11-16)17-12-8-5-9-13-17;2-1(3,4)8(5,6)7/h4-13,18H,14-15H2,1-3H3;(H,5,6,7)/q+1;/p-1. The number of hydrogen-bond donors (Lipinski definition) is 0. The Balaban J connectivity index is 0.000000343. The summed E-state index contributed by atoms with van der Waals surface area (Å²) in [4.78, 5) is 0. The Labute approximate surface area is 185 Å². The second-order valence-corrected chi connectivity index (χ2v) is 16.0. The van der Waals surface area contributed by atoms with Crippen molar-refractivity contribution in [3.05, 3.63) is 60.7 Å². The summed E-state index contributed by atoms with van der Waals surface area (Å²) >= 11 is 4.36. The van der Waals surface area contributed by atoms with Crippen LogP contribution in [0.3, 0.4) is 0 Å². The van der Waals surface area contributed by atoms with Crippen LogP contribution < -0.4 is 10.6 Å². The Kier molecular flexibility index (Phi) is 8.36. The minimum atomic E-state index is -6.09. The zero-order chi connectivity index (χ0) is 22.6. The zero-order valence-corrected chi connectivity index (χ0v) is 20.1.